The first-order valence-corrected chi connectivity index (χ1v) is 15.2. The first kappa shape index (κ1) is 50.8. The minimum Gasteiger partial charge on any atom is -0.455 e. The monoisotopic (exact) mass is 634 g/mol. The van der Waals surface area contributed by atoms with Crippen LogP contribution in [0.3, 0.4) is 0 Å². The zero-order valence-corrected chi connectivity index (χ0v) is 28.0. The average Bonchev–Trinajstić information content (AvgIpc) is 3.00. The van der Waals surface area contributed by atoms with Gasteiger partial charge >= 0.3 is 11.9 Å². The minimum atomic E-state index is -1.47. The van der Waals surface area contributed by atoms with Crippen molar-refractivity contribution in [3.8, 4) is 5.75 Å². The van der Waals surface area contributed by atoms with Crippen LogP contribution in [0.5, 0.6) is 5.75 Å². The van der Waals surface area contributed by atoms with E-state index in [9.17, 15) is 9.59 Å². The molecule has 1 rings (SSSR count). The molecule has 0 radical (unpaired) electrons. The second kappa shape index (κ2) is 44.6. The van der Waals surface area contributed by atoms with E-state index in [0.717, 1.165) is 37.8 Å². The number of rotatable bonds is 16. The van der Waals surface area contributed by atoms with E-state index in [-0.39, 0.29) is 39.6 Å². The average molecular weight is 635 g/mol. The van der Waals surface area contributed by atoms with E-state index in [1.807, 2.05) is 6.07 Å². The van der Waals surface area contributed by atoms with Crippen LogP contribution >= 0.6 is 0 Å². The lowest BCUT2D eigenvalue weighted by Gasteiger charge is -2.31. The van der Waals surface area contributed by atoms with Crippen molar-refractivity contribution >= 4 is 11.9 Å². The molecule has 260 valence electrons. The van der Waals surface area contributed by atoms with Gasteiger partial charge in [0.05, 0.1) is 0 Å². The number of esters is 1. The van der Waals surface area contributed by atoms with Crippen molar-refractivity contribution in [1.29, 1.82) is 0 Å². The van der Waals surface area contributed by atoms with Crippen LogP contribution in [0.2, 0.25) is 0 Å². The quantitative estimate of drug-likeness (QED) is 0.0400. The molecular weight excluding hydrogens is 572 g/mol. The van der Waals surface area contributed by atoms with Crippen molar-refractivity contribution in [3.63, 3.8) is 0 Å². The van der Waals surface area contributed by atoms with Crippen LogP contribution in [0, 0.1) is 0 Å². The van der Waals surface area contributed by atoms with E-state index in [1.54, 1.807) is 58.9 Å². The third-order valence-corrected chi connectivity index (χ3v) is 4.25. The Labute approximate surface area is 266 Å². The van der Waals surface area contributed by atoms with Crippen molar-refractivity contribution in [2.45, 2.75) is 98.7 Å². The van der Waals surface area contributed by atoms with Crippen LogP contribution in [-0.2, 0) is 24.1 Å². The van der Waals surface area contributed by atoms with Gasteiger partial charge in [-0.3, -0.25) is 4.89 Å². The topological polar surface area (TPSA) is 172 Å². The summed E-state index contributed by atoms with van der Waals surface area (Å²) in [5, 5.41) is 37.8. The summed E-state index contributed by atoms with van der Waals surface area (Å²) >= 11 is 0. The molecule has 0 aliphatic heterocycles. The number of aliphatic hydroxyl groups excluding tert-OH is 5. The number of para-hydroxylation sites is 1. The molecule has 0 saturated carbocycles. The van der Waals surface area contributed by atoms with Crippen LogP contribution in [0.15, 0.2) is 55.6 Å². The molecule has 0 bridgehead atoms. The third kappa shape index (κ3) is 43.7. The lowest BCUT2D eigenvalue weighted by atomic mass is 10.0. The second-order valence-corrected chi connectivity index (χ2v) is 8.28. The highest BCUT2D eigenvalue weighted by atomic mass is 17.2. The molecular formula is C33H62O11. The summed E-state index contributed by atoms with van der Waals surface area (Å²) < 4.78 is 11.2. The highest BCUT2D eigenvalue weighted by Crippen LogP contribution is 2.27. The molecule has 1 aromatic carbocycles. The number of carbonyl (C=O) groups is 2. The van der Waals surface area contributed by atoms with Crippen LogP contribution in [0.4, 0.5) is 0 Å². The van der Waals surface area contributed by atoms with Gasteiger partial charge in [0, 0.05) is 51.6 Å². The Kier molecular flexibility index (Phi) is 51.5. The number of aliphatic hydroxyl groups is 5. The summed E-state index contributed by atoms with van der Waals surface area (Å²) in [6.45, 7) is 18.3. The van der Waals surface area contributed by atoms with E-state index < -0.39 is 17.7 Å². The highest BCUT2D eigenvalue weighted by molar-refractivity contribution is 5.81. The predicted molar refractivity (Wildman–Crippen MR) is 175 cm³/mol. The molecule has 11 nitrogen and oxygen atoms in total. The number of carbonyl (C=O) groups excluding carboxylic acids is 2. The van der Waals surface area contributed by atoms with Gasteiger partial charge in [-0.1, -0.05) is 76.8 Å². The maximum atomic E-state index is 11.6. The SMILES string of the molecule is C=CC(=O)OCC(CCCCCCCCC)(OOC(=O)C=C)Oc1ccccc1.CCO.CCO.CCO.CCO.CCO. The molecule has 0 amide bonds. The van der Waals surface area contributed by atoms with Gasteiger partial charge in [-0.15, -0.1) is 4.89 Å². The smallest absolute Gasteiger partial charge is 0.365 e. The Bertz CT molecular complexity index is 677. The molecule has 1 aromatic rings. The number of ether oxygens (including phenoxy) is 2. The van der Waals surface area contributed by atoms with Gasteiger partial charge in [0.15, 0.2) is 6.61 Å². The Morgan fingerprint density at radius 1 is 0.682 bits per heavy atom. The van der Waals surface area contributed by atoms with Crippen LogP contribution in [0.1, 0.15) is 92.9 Å². The summed E-state index contributed by atoms with van der Waals surface area (Å²) in [7, 11) is 0. The fraction of sp³-hybridized carbons (Fsp3) is 0.636. The highest BCUT2D eigenvalue weighted by Gasteiger charge is 2.38. The molecule has 0 aromatic heterocycles. The maximum absolute atomic E-state index is 11.6. The maximum Gasteiger partial charge on any atom is 0.365 e. The minimum absolute atomic E-state index is 0.250. The molecule has 1 unspecified atom stereocenters. The summed E-state index contributed by atoms with van der Waals surface area (Å²) in [5.41, 5.74) is 0. The van der Waals surface area contributed by atoms with Crippen molar-refractivity contribution < 1.29 is 54.4 Å². The fourth-order valence-corrected chi connectivity index (χ4v) is 2.68. The molecule has 11 heteroatoms. The molecule has 0 fully saturated rings. The summed E-state index contributed by atoms with van der Waals surface area (Å²) in [6.07, 6.45) is 10.0. The van der Waals surface area contributed by atoms with Gasteiger partial charge < -0.3 is 35.0 Å². The number of unbranched alkanes of at least 4 members (excludes halogenated alkanes) is 6. The van der Waals surface area contributed by atoms with E-state index in [1.165, 1.54) is 19.3 Å². The normalized spacial score (nSPS) is 10.2. The largest absolute Gasteiger partial charge is 0.455 e. The van der Waals surface area contributed by atoms with Gasteiger partial charge in [0.1, 0.15) is 5.75 Å². The predicted octanol–water partition coefficient (Wildman–Crippen LogP) is 5.29. The van der Waals surface area contributed by atoms with E-state index in [0.29, 0.717) is 12.2 Å². The van der Waals surface area contributed by atoms with Crippen molar-refractivity contribution in [2.24, 2.45) is 0 Å². The first-order valence-electron chi connectivity index (χ1n) is 15.2. The van der Waals surface area contributed by atoms with Gasteiger partial charge in [-0.25, -0.2) is 9.59 Å². The van der Waals surface area contributed by atoms with E-state index in [4.69, 9.17) is 44.8 Å². The van der Waals surface area contributed by atoms with Crippen LogP contribution < -0.4 is 4.74 Å². The van der Waals surface area contributed by atoms with Crippen molar-refractivity contribution in [3.05, 3.63) is 55.6 Å². The van der Waals surface area contributed by atoms with Gasteiger partial charge in [0.25, 0.3) is 5.79 Å². The zero-order chi connectivity index (χ0) is 34.9. The third-order valence-electron chi connectivity index (χ3n) is 4.25. The van der Waals surface area contributed by atoms with Gasteiger partial charge in [0.2, 0.25) is 0 Å². The number of benzene rings is 1. The van der Waals surface area contributed by atoms with E-state index in [2.05, 4.69) is 20.1 Å². The van der Waals surface area contributed by atoms with E-state index >= 15 is 0 Å². The second-order valence-electron chi connectivity index (χ2n) is 8.28. The molecule has 0 spiro atoms. The van der Waals surface area contributed by atoms with Gasteiger partial charge in [-0.05, 0) is 53.2 Å². The molecule has 0 heterocycles. The fourth-order valence-electron chi connectivity index (χ4n) is 2.68. The summed E-state index contributed by atoms with van der Waals surface area (Å²) in [5.74, 6) is -2.35. The zero-order valence-electron chi connectivity index (χ0n) is 28.0. The number of hydrogen-bond donors (Lipinski definition) is 5. The standard InChI is InChI=1S/C23H32O6.5C2H6O/c1-4-7-8-9-10-11-15-18-23(19-26-21(24)5-2,29-28-22(25)6-3)27-20-16-13-12-14-17-20;5*1-2-3/h5-6,12-14,16-17H,2-4,7-11,15,18-19H2,1H3;5*3H,2H2,1H3. The molecule has 0 aliphatic rings. The van der Waals surface area contributed by atoms with Crippen molar-refractivity contribution in [1.82, 2.24) is 0 Å². The van der Waals surface area contributed by atoms with Gasteiger partial charge in [-0.2, -0.15) is 0 Å². The Morgan fingerprint density at radius 3 is 1.50 bits per heavy atom. The molecule has 0 aliphatic carbocycles. The first-order chi connectivity index (χ1) is 21.1. The van der Waals surface area contributed by atoms with Crippen LogP contribution in [-0.4, -0.2) is 82.9 Å². The lowest BCUT2D eigenvalue weighted by molar-refractivity contribution is -0.390. The summed E-state index contributed by atoms with van der Waals surface area (Å²) in [6, 6.07) is 8.95. The molecule has 1 atom stereocenters. The summed E-state index contributed by atoms with van der Waals surface area (Å²) in [4.78, 5) is 33.3. The Balaban J connectivity index is -0.000000283. The Morgan fingerprint density at radius 2 is 1.09 bits per heavy atom. The van der Waals surface area contributed by atoms with Crippen LogP contribution in [0.25, 0.3) is 0 Å². The number of hydrogen-bond acceptors (Lipinski definition) is 11. The lowest BCUT2D eigenvalue weighted by Crippen LogP contribution is -2.45. The molecule has 0 saturated heterocycles. The molecule has 44 heavy (non-hydrogen) atoms. The Hall–Kier alpha value is -2.80. The van der Waals surface area contributed by atoms with Crippen molar-refractivity contribution in [2.75, 3.05) is 39.6 Å². The molecule has 5 N–H and O–H groups in total.